The molecule has 9 nitrogen and oxygen atoms in total. The molecule has 0 radical (unpaired) electrons. The van der Waals surface area contributed by atoms with Crippen molar-refractivity contribution in [2.24, 2.45) is 0 Å². The van der Waals surface area contributed by atoms with E-state index in [0.29, 0.717) is 4.90 Å². The number of carbonyl (C=O) groups is 3. The van der Waals surface area contributed by atoms with Crippen LogP contribution in [0.2, 0.25) is 15.1 Å². The minimum absolute atomic E-state index is 0.0829. The Morgan fingerprint density at radius 1 is 1.20 bits per heavy atom. The minimum Gasteiger partial charge on any atom is -0.322 e. The third-order valence-corrected chi connectivity index (χ3v) is 5.30. The highest BCUT2D eigenvalue weighted by molar-refractivity contribution is 6.42. The van der Waals surface area contributed by atoms with Crippen LogP contribution in [-0.2, 0) is 15.1 Å². The largest absolute Gasteiger partial charge is 0.325 e. The van der Waals surface area contributed by atoms with E-state index in [1.807, 2.05) is 0 Å². The molecule has 0 aliphatic carbocycles. The summed E-state index contributed by atoms with van der Waals surface area (Å²) in [5.74, 6) is -1.47. The Hall–Kier alpha value is -2.88. The molecule has 1 aliphatic heterocycles. The van der Waals surface area contributed by atoms with Crippen molar-refractivity contribution in [2.75, 3.05) is 11.9 Å². The van der Waals surface area contributed by atoms with Gasteiger partial charge in [-0.05, 0) is 24.6 Å². The van der Waals surface area contributed by atoms with E-state index >= 15 is 0 Å². The van der Waals surface area contributed by atoms with Crippen LogP contribution in [0.15, 0.2) is 36.4 Å². The molecule has 12 heteroatoms. The molecule has 0 aromatic heterocycles. The first-order valence-corrected chi connectivity index (χ1v) is 9.50. The fourth-order valence-corrected chi connectivity index (χ4v) is 3.86. The van der Waals surface area contributed by atoms with Crippen molar-refractivity contribution in [1.29, 1.82) is 0 Å². The lowest BCUT2D eigenvalue weighted by atomic mass is 9.91. The number of nitro benzene ring substituents is 1. The molecule has 0 bridgehead atoms. The number of nitrogens with one attached hydrogen (secondary N) is 2. The van der Waals surface area contributed by atoms with E-state index in [1.165, 1.54) is 43.3 Å². The number of urea groups is 1. The average molecular weight is 472 g/mol. The summed E-state index contributed by atoms with van der Waals surface area (Å²) < 4.78 is 0. The second kappa shape index (κ2) is 8.10. The predicted molar refractivity (Wildman–Crippen MR) is 111 cm³/mol. The standard InChI is InChI=1S/C18H13Cl3N4O5/c1-18(9-3-2-4-11(5-9)25(29)30)16(27)24(17(28)23-18)8-14(26)22-15-12(20)6-10(19)7-13(15)21/h2-7H,8H2,1H3,(H,22,26)(H,23,28). The summed E-state index contributed by atoms with van der Waals surface area (Å²) in [5, 5.41) is 16.4. The number of imide groups is 1. The Balaban J connectivity index is 1.81. The zero-order valence-electron chi connectivity index (χ0n) is 15.2. The molecule has 1 saturated heterocycles. The molecule has 2 aromatic carbocycles. The highest BCUT2D eigenvalue weighted by atomic mass is 35.5. The Kier molecular flexibility index (Phi) is 5.89. The molecule has 2 aromatic rings. The SMILES string of the molecule is CC1(c2cccc([N+](=O)[O-])c2)NC(=O)N(CC(=O)Nc2c(Cl)cc(Cl)cc2Cl)C1=O. The number of anilines is 1. The van der Waals surface area contributed by atoms with Gasteiger partial charge in [0.2, 0.25) is 5.91 Å². The second-order valence-corrected chi connectivity index (χ2v) is 7.80. The maximum Gasteiger partial charge on any atom is 0.325 e. The number of nitro groups is 1. The molecule has 1 fully saturated rings. The van der Waals surface area contributed by atoms with Gasteiger partial charge in [0.15, 0.2) is 0 Å². The van der Waals surface area contributed by atoms with E-state index in [-0.39, 0.29) is 32.0 Å². The Labute approximate surface area is 185 Å². The second-order valence-electron chi connectivity index (χ2n) is 6.55. The van der Waals surface area contributed by atoms with Gasteiger partial charge in [-0.25, -0.2) is 4.79 Å². The first-order valence-electron chi connectivity index (χ1n) is 8.36. The zero-order valence-corrected chi connectivity index (χ0v) is 17.5. The van der Waals surface area contributed by atoms with Gasteiger partial charge in [0, 0.05) is 17.2 Å². The number of carbonyl (C=O) groups excluding carboxylic acids is 3. The lowest BCUT2D eigenvalue weighted by Gasteiger charge is -2.22. The van der Waals surface area contributed by atoms with Crippen LogP contribution in [0.3, 0.4) is 0 Å². The summed E-state index contributed by atoms with van der Waals surface area (Å²) in [6, 6.07) is 7.25. The quantitative estimate of drug-likeness (QED) is 0.388. The Morgan fingerprint density at radius 3 is 2.43 bits per heavy atom. The monoisotopic (exact) mass is 470 g/mol. The van der Waals surface area contributed by atoms with Crippen molar-refractivity contribution < 1.29 is 19.3 Å². The number of rotatable bonds is 5. The van der Waals surface area contributed by atoms with E-state index < -0.39 is 34.9 Å². The van der Waals surface area contributed by atoms with Crippen LogP contribution in [0, 0.1) is 10.1 Å². The Bertz CT molecular complexity index is 1070. The number of non-ortho nitro benzene ring substituents is 1. The highest BCUT2D eigenvalue weighted by Crippen LogP contribution is 2.34. The van der Waals surface area contributed by atoms with Gasteiger partial charge in [0.25, 0.3) is 11.6 Å². The summed E-state index contributed by atoms with van der Waals surface area (Å²) in [6.07, 6.45) is 0. The highest BCUT2D eigenvalue weighted by Gasteiger charge is 2.49. The molecule has 3 rings (SSSR count). The van der Waals surface area contributed by atoms with Crippen molar-refractivity contribution in [3.63, 3.8) is 0 Å². The normalized spacial score (nSPS) is 18.3. The molecule has 1 atom stereocenters. The van der Waals surface area contributed by atoms with Gasteiger partial charge in [0.05, 0.1) is 20.7 Å². The van der Waals surface area contributed by atoms with Crippen molar-refractivity contribution in [1.82, 2.24) is 10.2 Å². The molecule has 1 aliphatic rings. The number of halogens is 3. The molecule has 1 heterocycles. The maximum absolute atomic E-state index is 12.9. The summed E-state index contributed by atoms with van der Waals surface area (Å²) in [5.41, 5.74) is -1.51. The fourth-order valence-electron chi connectivity index (χ4n) is 2.95. The van der Waals surface area contributed by atoms with Crippen molar-refractivity contribution in [3.05, 3.63) is 67.1 Å². The summed E-state index contributed by atoms with van der Waals surface area (Å²) >= 11 is 17.9. The Morgan fingerprint density at radius 2 is 1.83 bits per heavy atom. The van der Waals surface area contributed by atoms with E-state index in [1.54, 1.807) is 0 Å². The number of benzene rings is 2. The third-order valence-electron chi connectivity index (χ3n) is 4.48. The summed E-state index contributed by atoms with van der Waals surface area (Å²) in [4.78, 5) is 48.8. The van der Waals surface area contributed by atoms with Gasteiger partial charge in [-0.1, -0.05) is 46.9 Å². The summed E-state index contributed by atoms with van der Waals surface area (Å²) in [7, 11) is 0. The predicted octanol–water partition coefficient (Wildman–Crippen LogP) is 3.96. The molecule has 2 N–H and O–H groups in total. The molecule has 1 unspecified atom stereocenters. The van der Waals surface area contributed by atoms with E-state index in [9.17, 15) is 24.5 Å². The average Bonchev–Trinajstić information content (AvgIpc) is 2.89. The number of amides is 4. The molecular formula is C18H13Cl3N4O5. The van der Waals surface area contributed by atoms with Crippen LogP contribution < -0.4 is 10.6 Å². The van der Waals surface area contributed by atoms with Crippen LogP contribution in [-0.4, -0.2) is 34.2 Å². The molecule has 0 spiro atoms. The smallest absolute Gasteiger partial charge is 0.322 e. The van der Waals surface area contributed by atoms with Gasteiger partial charge >= 0.3 is 6.03 Å². The fraction of sp³-hybridized carbons (Fsp3) is 0.167. The van der Waals surface area contributed by atoms with E-state index in [0.717, 1.165) is 0 Å². The first kappa shape index (κ1) is 21.8. The number of hydrogen-bond acceptors (Lipinski definition) is 5. The van der Waals surface area contributed by atoms with Crippen molar-refractivity contribution in [2.45, 2.75) is 12.5 Å². The number of nitrogens with zero attached hydrogens (tertiary/aromatic N) is 2. The molecule has 0 saturated carbocycles. The van der Waals surface area contributed by atoms with Gasteiger partial charge in [-0.3, -0.25) is 24.6 Å². The first-order chi connectivity index (χ1) is 14.0. The molecule has 30 heavy (non-hydrogen) atoms. The van der Waals surface area contributed by atoms with Crippen LogP contribution >= 0.6 is 34.8 Å². The van der Waals surface area contributed by atoms with Crippen LogP contribution in [0.4, 0.5) is 16.2 Å². The van der Waals surface area contributed by atoms with E-state index in [2.05, 4.69) is 10.6 Å². The topological polar surface area (TPSA) is 122 Å². The summed E-state index contributed by atoms with van der Waals surface area (Å²) in [6.45, 7) is 0.779. The van der Waals surface area contributed by atoms with Crippen molar-refractivity contribution >= 4 is 64.0 Å². The van der Waals surface area contributed by atoms with Crippen molar-refractivity contribution in [3.8, 4) is 0 Å². The van der Waals surface area contributed by atoms with Crippen LogP contribution in [0.1, 0.15) is 12.5 Å². The van der Waals surface area contributed by atoms with Crippen LogP contribution in [0.5, 0.6) is 0 Å². The van der Waals surface area contributed by atoms with Gasteiger partial charge in [0.1, 0.15) is 12.1 Å². The van der Waals surface area contributed by atoms with E-state index in [4.69, 9.17) is 34.8 Å². The lowest BCUT2D eigenvalue weighted by Crippen LogP contribution is -2.42. The van der Waals surface area contributed by atoms with Gasteiger partial charge in [-0.2, -0.15) is 0 Å². The molecule has 4 amide bonds. The number of hydrogen-bond donors (Lipinski definition) is 2. The van der Waals surface area contributed by atoms with Gasteiger partial charge < -0.3 is 10.6 Å². The third kappa shape index (κ3) is 4.04. The lowest BCUT2D eigenvalue weighted by molar-refractivity contribution is -0.385. The maximum atomic E-state index is 12.9. The minimum atomic E-state index is -1.57. The van der Waals surface area contributed by atoms with Gasteiger partial charge in [-0.15, -0.1) is 0 Å². The zero-order chi connectivity index (χ0) is 22.2. The molecular weight excluding hydrogens is 459 g/mol. The van der Waals surface area contributed by atoms with Crippen LogP contribution in [0.25, 0.3) is 0 Å². The molecule has 156 valence electrons.